The van der Waals surface area contributed by atoms with Gasteiger partial charge in [-0.15, -0.1) is 0 Å². The molecule has 2 heterocycles. The number of aromatic amines is 1. The Morgan fingerprint density at radius 2 is 2.21 bits per heavy atom. The zero-order chi connectivity index (χ0) is 20.5. The number of hydrogen-bond donors (Lipinski definition) is 2. The lowest BCUT2D eigenvalue weighted by atomic mass is 10.1. The highest BCUT2D eigenvalue weighted by molar-refractivity contribution is 6.32. The van der Waals surface area contributed by atoms with Crippen LogP contribution in [-0.4, -0.2) is 21.6 Å². The Hall–Kier alpha value is -3.11. The fourth-order valence-corrected chi connectivity index (χ4v) is 3.29. The fourth-order valence-electron chi connectivity index (χ4n) is 3.07. The molecule has 1 fully saturated rings. The van der Waals surface area contributed by atoms with E-state index in [1.165, 1.54) is 19.0 Å². The van der Waals surface area contributed by atoms with Crippen LogP contribution < -0.4 is 15.6 Å². The molecule has 0 saturated heterocycles. The molecule has 1 atom stereocenters. The predicted octanol–water partition coefficient (Wildman–Crippen LogP) is 4.11. The summed E-state index contributed by atoms with van der Waals surface area (Å²) in [7, 11) is 0. The molecule has 0 spiro atoms. The first-order chi connectivity index (χ1) is 13.9. The van der Waals surface area contributed by atoms with Gasteiger partial charge in [0.05, 0.1) is 40.6 Å². The second-order valence-corrected chi connectivity index (χ2v) is 7.76. The molecule has 0 radical (unpaired) electrons. The molecule has 8 heteroatoms. The molecule has 1 aromatic carbocycles. The van der Waals surface area contributed by atoms with Crippen LogP contribution in [0, 0.1) is 24.2 Å². The van der Waals surface area contributed by atoms with E-state index in [0.29, 0.717) is 51.6 Å². The van der Waals surface area contributed by atoms with E-state index in [1.807, 2.05) is 13.0 Å². The predicted molar refractivity (Wildman–Crippen MR) is 111 cm³/mol. The Bertz CT molecular complexity index is 1180. The Labute approximate surface area is 172 Å². The van der Waals surface area contributed by atoms with E-state index in [9.17, 15) is 4.79 Å². The van der Waals surface area contributed by atoms with E-state index < -0.39 is 0 Å². The lowest BCUT2D eigenvalue weighted by molar-refractivity contribution is 0.300. The van der Waals surface area contributed by atoms with Crippen molar-refractivity contribution in [3.63, 3.8) is 0 Å². The number of H-pyrrole nitrogens is 1. The zero-order valence-electron chi connectivity index (χ0n) is 16.1. The van der Waals surface area contributed by atoms with E-state index >= 15 is 0 Å². The van der Waals surface area contributed by atoms with Gasteiger partial charge < -0.3 is 15.0 Å². The summed E-state index contributed by atoms with van der Waals surface area (Å²) in [5.41, 5.74) is 1.99. The Balaban J connectivity index is 1.60. The third-order valence-electron chi connectivity index (χ3n) is 5.01. The molecule has 148 valence electrons. The Morgan fingerprint density at radius 3 is 2.90 bits per heavy atom. The van der Waals surface area contributed by atoms with Crippen molar-refractivity contribution >= 4 is 28.5 Å². The Morgan fingerprint density at radius 1 is 1.41 bits per heavy atom. The summed E-state index contributed by atoms with van der Waals surface area (Å²) in [5.74, 6) is 1.56. The summed E-state index contributed by atoms with van der Waals surface area (Å²) in [6.07, 6.45) is 3.85. The van der Waals surface area contributed by atoms with Gasteiger partial charge in [0.1, 0.15) is 11.8 Å². The monoisotopic (exact) mass is 409 g/mol. The van der Waals surface area contributed by atoms with Crippen molar-refractivity contribution in [2.24, 2.45) is 5.92 Å². The number of pyridine rings is 1. The molecular weight excluding hydrogens is 390 g/mol. The number of rotatable bonds is 6. The first-order valence-electron chi connectivity index (χ1n) is 9.44. The van der Waals surface area contributed by atoms with Gasteiger partial charge in [0.2, 0.25) is 5.95 Å². The molecule has 2 aromatic heterocycles. The van der Waals surface area contributed by atoms with Gasteiger partial charge in [-0.3, -0.25) is 4.79 Å². The number of nitrogens with zero attached hydrogens (tertiary/aromatic N) is 3. The molecule has 0 amide bonds. The van der Waals surface area contributed by atoms with Crippen LogP contribution in [0.5, 0.6) is 5.75 Å². The largest absolute Gasteiger partial charge is 0.492 e. The molecule has 29 heavy (non-hydrogen) atoms. The molecule has 0 aliphatic heterocycles. The second-order valence-electron chi connectivity index (χ2n) is 7.35. The summed E-state index contributed by atoms with van der Waals surface area (Å²) in [6, 6.07) is 7.07. The van der Waals surface area contributed by atoms with E-state index in [4.69, 9.17) is 21.6 Å². The lowest BCUT2D eigenvalue weighted by Crippen LogP contribution is -2.20. The van der Waals surface area contributed by atoms with E-state index in [-0.39, 0.29) is 11.6 Å². The SMILES string of the molecule is Cc1nc(N[C@@H](C)c2cc3cc(Cl)c(OCC4CC4)cc3[nH]c2=O)ncc1C#N. The minimum absolute atomic E-state index is 0.210. The minimum Gasteiger partial charge on any atom is -0.492 e. The number of hydrogen-bond acceptors (Lipinski definition) is 6. The van der Waals surface area contributed by atoms with Crippen molar-refractivity contribution in [2.75, 3.05) is 11.9 Å². The number of benzene rings is 1. The third-order valence-corrected chi connectivity index (χ3v) is 5.30. The first-order valence-corrected chi connectivity index (χ1v) is 9.82. The molecular formula is C21H20ClN5O2. The average molecular weight is 410 g/mol. The van der Waals surface area contributed by atoms with Crippen LogP contribution in [0.4, 0.5) is 5.95 Å². The average Bonchev–Trinajstić information content (AvgIpc) is 3.51. The lowest BCUT2D eigenvalue weighted by Gasteiger charge is -2.15. The normalized spacial score (nSPS) is 14.4. The number of anilines is 1. The number of ether oxygens (including phenoxy) is 1. The number of fused-ring (bicyclic) bond motifs is 1. The number of nitriles is 1. The van der Waals surface area contributed by atoms with Crippen molar-refractivity contribution in [3.05, 3.63) is 56.6 Å². The van der Waals surface area contributed by atoms with Gasteiger partial charge in [0.15, 0.2) is 0 Å². The third kappa shape index (κ3) is 4.17. The summed E-state index contributed by atoms with van der Waals surface area (Å²) in [5, 5.41) is 13.4. The summed E-state index contributed by atoms with van der Waals surface area (Å²) in [6.45, 7) is 4.24. The van der Waals surface area contributed by atoms with Gasteiger partial charge in [-0.05, 0) is 44.7 Å². The summed E-state index contributed by atoms with van der Waals surface area (Å²) >= 11 is 6.38. The van der Waals surface area contributed by atoms with Crippen LogP contribution in [0.2, 0.25) is 5.02 Å². The van der Waals surface area contributed by atoms with Crippen LogP contribution in [0.1, 0.15) is 42.6 Å². The van der Waals surface area contributed by atoms with E-state index in [0.717, 1.165) is 5.39 Å². The fraction of sp³-hybridized carbons (Fsp3) is 0.333. The molecule has 0 bridgehead atoms. The van der Waals surface area contributed by atoms with E-state index in [1.54, 1.807) is 25.1 Å². The van der Waals surface area contributed by atoms with Gasteiger partial charge in [-0.1, -0.05) is 11.6 Å². The van der Waals surface area contributed by atoms with Gasteiger partial charge in [0.25, 0.3) is 5.56 Å². The van der Waals surface area contributed by atoms with Crippen molar-refractivity contribution in [1.82, 2.24) is 15.0 Å². The highest BCUT2D eigenvalue weighted by Crippen LogP contribution is 2.33. The molecule has 0 unspecified atom stereocenters. The van der Waals surface area contributed by atoms with Gasteiger partial charge >= 0.3 is 0 Å². The number of aryl methyl sites for hydroxylation is 1. The Kier molecular flexibility index (Phi) is 5.12. The standard InChI is InChI=1S/C21H20ClN5O2/c1-11-15(8-23)9-24-21(25-11)26-12(2)16-5-14-6-17(22)19(29-10-13-3-4-13)7-18(14)27-20(16)28/h5-7,9,12-13H,3-4,10H2,1-2H3,(H,27,28)(H,24,25,26)/t12-/m0/s1. The summed E-state index contributed by atoms with van der Waals surface area (Å²) < 4.78 is 5.79. The molecule has 7 nitrogen and oxygen atoms in total. The van der Waals surface area contributed by atoms with Crippen LogP contribution in [0.15, 0.2) is 29.2 Å². The number of aromatic nitrogens is 3. The van der Waals surface area contributed by atoms with Crippen molar-refractivity contribution in [1.29, 1.82) is 5.26 Å². The van der Waals surface area contributed by atoms with Crippen LogP contribution >= 0.6 is 11.6 Å². The molecule has 2 N–H and O–H groups in total. The number of halogens is 1. The highest BCUT2D eigenvalue weighted by Gasteiger charge is 2.22. The van der Waals surface area contributed by atoms with Crippen molar-refractivity contribution in [2.45, 2.75) is 32.7 Å². The minimum atomic E-state index is -0.347. The quantitative estimate of drug-likeness (QED) is 0.634. The first kappa shape index (κ1) is 19.2. The zero-order valence-corrected chi connectivity index (χ0v) is 16.9. The van der Waals surface area contributed by atoms with Gasteiger partial charge in [0, 0.05) is 17.0 Å². The molecule has 1 aliphatic rings. The van der Waals surface area contributed by atoms with Crippen molar-refractivity contribution in [3.8, 4) is 11.8 Å². The molecule has 1 saturated carbocycles. The molecule has 4 rings (SSSR count). The van der Waals surface area contributed by atoms with Crippen LogP contribution in [0.3, 0.4) is 0 Å². The van der Waals surface area contributed by atoms with Crippen LogP contribution in [0.25, 0.3) is 10.9 Å². The van der Waals surface area contributed by atoms with E-state index in [2.05, 4.69) is 20.3 Å². The molecule has 1 aliphatic carbocycles. The smallest absolute Gasteiger partial charge is 0.253 e. The van der Waals surface area contributed by atoms with Gasteiger partial charge in [-0.2, -0.15) is 5.26 Å². The van der Waals surface area contributed by atoms with Crippen LogP contribution in [-0.2, 0) is 0 Å². The topological polar surface area (TPSA) is 104 Å². The highest BCUT2D eigenvalue weighted by atomic mass is 35.5. The summed E-state index contributed by atoms with van der Waals surface area (Å²) in [4.78, 5) is 24.0. The second kappa shape index (κ2) is 7.72. The maximum Gasteiger partial charge on any atom is 0.253 e. The maximum absolute atomic E-state index is 12.7. The number of nitrogens with one attached hydrogen (secondary N) is 2. The molecule has 3 aromatic rings. The van der Waals surface area contributed by atoms with Gasteiger partial charge in [-0.25, -0.2) is 9.97 Å². The van der Waals surface area contributed by atoms with Crippen molar-refractivity contribution < 1.29 is 4.74 Å². The maximum atomic E-state index is 12.7.